The highest BCUT2D eigenvalue weighted by Crippen LogP contribution is 2.19. The minimum Gasteiger partial charge on any atom is -0.497 e. The summed E-state index contributed by atoms with van der Waals surface area (Å²) in [6.07, 6.45) is 1.07. The zero-order chi connectivity index (χ0) is 14.5. The summed E-state index contributed by atoms with van der Waals surface area (Å²) in [5.41, 5.74) is -0.573. The molecule has 0 aliphatic carbocycles. The third-order valence-electron chi connectivity index (χ3n) is 3.28. The molecule has 0 spiro atoms. The van der Waals surface area contributed by atoms with Gasteiger partial charge in [-0.15, -0.1) is 0 Å². The maximum Gasteiger partial charge on any atom is 0.254 e. The number of hydrogen-bond acceptors (Lipinski definition) is 3. The van der Waals surface area contributed by atoms with Crippen molar-refractivity contribution in [3.63, 3.8) is 0 Å². The van der Waals surface area contributed by atoms with Crippen molar-refractivity contribution in [3.05, 3.63) is 29.6 Å². The standard InChI is InChI=1S/C14H20FNO3/c1-4-14(2,7-8-17)16-13(18)11-6-5-10(19-3)9-12(11)15/h5-6,9,17H,4,7-8H2,1-3H3,(H,16,18). The zero-order valence-electron chi connectivity index (χ0n) is 11.5. The van der Waals surface area contributed by atoms with Crippen LogP contribution in [0.2, 0.25) is 0 Å². The van der Waals surface area contributed by atoms with Crippen molar-refractivity contribution in [2.45, 2.75) is 32.2 Å². The molecule has 5 heteroatoms. The topological polar surface area (TPSA) is 58.6 Å². The molecule has 0 saturated carbocycles. The van der Waals surface area contributed by atoms with E-state index in [1.54, 1.807) is 0 Å². The lowest BCUT2D eigenvalue weighted by atomic mass is 9.94. The van der Waals surface area contributed by atoms with Crippen molar-refractivity contribution < 1.29 is 19.0 Å². The van der Waals surface area contributed by atoms with Gasteiger partial charge in [-0.25, -0.2) is 4.39 Å². The number of aliphatic hydroxyl groups excluding tert-OH is 1. The van der Waals surface area contributed by atoms with Crippen LogP contribution in [-0.2, 0) is 0 Å². The molecule has 0 saturated heterocycles. The Morgan fingerprint density at radius 1 is 1.53 bits per heavy atom. The smallest absolute Gasteiger partial charge is 0.254 e. The molecule has 0 aliphatic heterocycles. The summed E-state index contributed by atoms with van der Waals surface area (Å²) < 4.78 is 18.6. The van der Waals surface area contributed by atoms with Gasteiger partial charge in [0.1, 0.15) is 11.6 Å². The molecule has 1 aromatic rings. The van der Waals surface area contributed by atoms with E-state index in [-0.39, 0.29) is 12.2 Å². The minimum atomic E-state index is -0.626. The molecule has 1 amide bonds. The number of ether oxygens (including phenoxy) is 1. The molecule has 2 N–H and O–H groups in total. The number of halogens is 1. The van der Waals surface area contributed by atoms with Gasteiger partial charge in [0.2, 0.25) is 0 Å². The number of carbonyl (C=O) groups is 1. The summed E-state index contributed by atoms with van der Waals surface area (Å²) in [6.45, 7) is 3.69. The van der Waals surface area contributed by atoms with E-state index in [1.807, 2.05) is 13.8 Å². The zero-order valence-corrected chi connectivity index (χ0v) is 11.5. The summed E-state index contributed by atoms with van der Waals surface area (Å²) in [5, 5.41) is 11.8. The predicted molar refractivity (Wildman–Crippen MR) is 70.8 cm³/mol. The molecule has 1 atom stereocenters. The van der Waals surface area contributed by atoms with E-state index < -0.39 is 17.3 Å². The molecule has 0 heterocycles. The fourth-order valence-electron chi connectivity index (χ4n) is 1.72. The highest BCUT2D eigenvalue weighted by Gasteiger charge is 2.25. The summed E-state index contributed by atoms with van der Waals surface area (Å²) in [7, 11) is 1.43. The SMILES string of the molecule is CCC(C)(CCO)NC(=O)c1ccc(OC)cc1F. The molecular formula is C14H20FNO3. The number of nitrogens with one attached hydrogen (secondary N) is 1. The first kappa shape index (κ1) is 15.4. The Hall–Kier alpha value is -1.62. The maximum atomic E-state index is 13.8. The van der Waals surface area contributed by atoms with Crippen molar-refractivity contribution in [2.24, 2.45) is 0 Å². The van der Waals surface area contributed by atoms with E-state index >= 15 is 0 Å². The number of hydrogen-bond donors (Lipinski definition) is 2. The Bertz CT molecular complexity index is 450. The predicted octanol–water partition coefficient (Wildman–Crippen LogP) is 2.12. The lowest BCUT2D eigenvalue weighted by Crippen LogP contribution is -2.46. The number of amides is 1. The van der Waals surface area contributed by atoms with Crippen molar-refractivity contribution in [1.29, 1.82) is 0 Å². The largest absolute Gasteiger partial charge is 0.497 e. The van der Waals surface area contributed by atoms with Crippen LogP contribution in [0.4, 0.5) is 4.39 Å². The third kappa shape index (κ3) is 3.92. The fourth-order valence-corrected chi connectivity index (χ4v) is 1.72. The lowest BCUT2D eigenvalue weighted by Gasteiger charge is -2.29. The first-order chi connectivity index (χ1) is 8.95. The molecule has 0 aromatic heterocycles. The molecule has 0 bridgehead atoms. The quantitative estimate of drug-likeness (QED) is 0.831. The van der Waals surface area contributed by atoms with Gasteiger partial charge in [-0.1, -0.05) is 6.92 Å². The van der Waals surface area contributed by atoms with Crippen LogP contribution in [0.3, 0.4) is 0 Å². The molecule has 106 valence electrons. The fraction of sp³-hybridized carbons (Fsp3) is 0.500. The summed E-state index contributed by atoms with van der Waals surface area (Å²) in [5.74, 6) is -0.750. The first-order valence-electron chi connectivity index (χ1n) is 6.22. The van der Waals surface area contributed by atoms with E-state index in [2.05, 4.69) is 5.32 Å². The van der Waals surface area contributed by atoms with Crippen LogP contribution in [0.15, 0.2) is 18.2 Å². The van der Waals surface area contributed by atoms with Gasteiger partial charge in [-0.2, -0.15) is 0 Å². The van der Waals surface area contributed by atoms with Crippen LogP contribution in [-0.4, -0.2) is 30.3 Å². The molecule has 4 nitrogen and oxygen atoms in total. The summed E-state index contributed by atoms with van der Waals surface area (Å²) >= 11 is 0. The minimum absolute atomic E-state index is 0.0292. The van der Waals surface area contributed by atoms with Gasteiger partial charge in [0.25, 0.3) is 5.91 Å². The third-order valence-corrected chi connectivity index (χ3v) is 3.28. The number of aliphatic hydroxyl groups is 1. The Kier molecular flexibility index (Phi) is 5.30. The Labute approximate surface area is 112 Å². The highest BCUT2D eigenvalue weighted by atomic mass is 19.1. The van der Waals surface area contributed by atoms with Crippen molar-refractivity contribution in [2.75, 3.05) is 13.7 Å². The number of rotatable bonds is 6. The second kappa shape index (κ2) is 6.52. The summed E-state index contributed by atoms with van der Waals surface area (Å²) in [6, 6.07) is 4.09. The number of carbonyl (C=O) groups excluding carboxylic acids is 1. The van der Waals surface area contributed by atoms with Gasteiger partial charge in [-0.3, -0.25) is 4.79 Å². The Morgan fingerprint density at radius 3 is 2.68 bits per heavy atom. The molecule has 19 heavy (non-hydrogen) atoms. The maximum absolute atomic E-state index is 13.8. The van der Waals surface area contributed by atoms with E-state index in [9.17, 15) is 9.18 Å². The molecular weight excluding hydrogens is 249 g/mol. The Morgan fingerprint density at radius 2 is 2.21 bits per heavy atom. The van der Waals surface area contributed by atoms with Gasteiger partial charge in [0.15, 0.2) is 0 Å². The second-order valence-electron chi connectivity index (χ2n) is 4.69. The van der Waals surface area contributed by atoms with Crippen LogP contribution in [0.5, 0.6) is 5.75 Å². The number of benzene rings is 1. The molecule has 1 rings (SSSR count). The van der Waals surface area contributed by atoms with Gasteiger partial charge in [0, 0.05) is 18.2 Å². The average Bonchev–Trinajstić information content (AvgIpc) is 2.38. The van der Waals surface area contributed by atoms with Crippen LogP contribution in [0.1, 0.15) is 37.0 Å². The second-order valence-corrected chi connectivity index (χ2v) is 4.69. The monoisotopic (exact) mass is 269 g/mol. The van der Waals surface area contributed by atoms with Crippen LogP contribution < -0.4 is 10.1 Å². The average molecular weight is 269 g/mol. The Balaban J connectivity index is 2.89. The highest BCUT2D eigenvalue weighted by molar-refractivity contribution is 5.95. The molecule has 1 aromatic carbocycles. The lowest BCUT2D eigenvalue weighted by molar-refractivity contribution is 0.0882. The molecule has 1 unspecified atom stereocenters. The van der Waals surface area contributed by atoms with Crippen LogP contribution >= 0.6 is 0 Å². The van der Waals surface area contributed by atoms with Gasteiger partial charge < -0.3 is 15.2 Å². The van der Waals surface area contributed by atoms with Gasteiger partial charge >= 0.3 is 0 Å². The van der Waals surface area contributed by atoms with E-state index in [0.717, 1.165) is 0 Å². The molecule has 0 radical (unpaired) electrons. The van der Waals surface area contributed by atoms with E-state index in [0.29, 0.717) is 18.6 Å². The van der Waals surface area contributed by atoms with Crippen molar-refractivity contribution in [1.82, 2.24) is 5.32 Å². The van der Waals surface area contributed by atoms with Crippen LogP contribution in [0.25, 0.3) is 0 Å². The van der Waals surface area contributed by atoms with E-state index in [4.69, 9.17) is 9.84 Å². The van der Waals surface area contributed by atoms with Crippen molar-refractivity contribution in [3.8, 4) is 5.75 Å². The molecule has 0 fully saturated rings. The first-order valence-corrected chi connectivity index (χ1v) is 6.22. The van der Waals surface area contributed by atoms with E-state index in [1.165, 1.54) is 25.3 Å². The van der Waals surface area contributed by atoms with Crippen LogP contribution in [0, 0.1) is 5.82 Å². The normalized spacial score (nSPS) is 13.7. The van der Waals surface area contributed by atoms with Gasteiger partial charge in [-0.05, 0) is 31.9 Å². The van der Waals surface area contributed by atoms with Gasteiger partial charge in [0.05, 0.1) is 12.7 Å². The molecule has 0 aliphatic rings. The number of methoxy groups -OCH3 is 1. The van der Waals surface area contributed by atoms with Crippen molar-refractivity contribution >= 4 is 5.91 Å². The summed E-state index contributed by atoms with van der Waals surface area (Å²) in [4.78, 5) is 12.0.